The van der Waals surface area contributed by atoms with E-state index >= 15 is 0 Å². The third-order valence-electron chi connectivity index (χ3n) is 3.83. The summed E-state index contributed by atoms with van der Waals surface area (Å²) in [6, 6.07) is 6.82. The Labute approximate surface area is 112 Å². The maximum atomic E-state index is 10.6. The van der Waals surface area contributed by atoms with Crippen LogP contribution in [0.1, 0.15) is 37.8 Å². The summed E-state index contributed by atoms with van der Waals surface area (Å²) in [4.78, 5) is 10.2. The zero-order valence-electron chi connectivity index (χ0n) is 11.1. The molecule has 3 atom stereocenters. The number of non-ortho nitro benzene ring substituents is 1. The molecule has 1 saturated carbocycles. The zero-order valence-corrected chi connectivity index (χ0v) is 11.1. The molecule has 0 bridgehead atoms. The van der Waals surface area contributed by atoms with Crippen LogP contribution >= 0.6 is 0 Å². The van der Waals surface area contributed by atoms with Gasteiger partial charge in [-0.2, -0.15) is 0 Å². The Hall–Kier alpha value is -1.46. The third kappa shape index (κ3) is 3.75. The van der Waals surface area contributed by atoms with Crippen LogP contribution in [0.15, 0.2) is 24.3 Å². The number of hydrogen-bond acceptors (Lipinski definition) is 4. The van der Waals surface area contributed by atoms with Crippen molar-refractivity contribution in [3.63, 3.8) is 0 Å². The highest BCUT2D eigenvalue weighted by Gasteiger charge is 2.22. The molecule has 0 saturated heterocycles. The summed E-state index contributed by atoms with van der Waals surface area (Å²) in [6.07, 6.45) is 2.71. The number of hydrogen-bond donors (Lipinski definition) is 2. The average molecular weight is 264 g/mol. The predicted molar refractivity (Wildman–Crippen MR) is 72.9 cm³/mol. The number of nitrogens with one attached hydrogen (secondary N) is 1. The minimum atomic E-state index is -0.387. The smallest absolute Gasteiger partial charge is 0.269 e. The molecule has 104 valence electrons. The van der Waals surface area contributed by atoms with Crippen molar-refractivity contribution in [3.8, 4) is 0 Å². The lowest BCUT2D eigenvalue weighted by atomic mass is 10.1. The van der Waals surface area contributed by atoms with Crippen LogP contribution in [0.3, 0.4) is 0 Å². The topological polar surface area (TPSA) is 75.4 Å². The molecule has 0 heterocycles. The number of aliphatic hydroxyl groups excluding tert-OH is 1. The second kappa shape index (κ2) is 6.12. The van der Waals surface area contributed by atoms with Gasteiger partial charge in [0.15, 0.2) is 0 Å². The number of nitro benzene ring substituents is 1. The van der Waals surface area contributed by atoms with Crippen LogP contribution in [0.4, 0.5) is 5.69 Å². The molecule has 1 aromatic rings. The van der Waals surface area contributed by atoms with Crippen LogP contribution < -0.4 is 5.32 Å². The van der Waals surface area contributed by atoms with E-state index in [-0.39, 0.29) is 22.8 Å². The molecule has 2 rings (SSSR count). The van der Waals surface area contributed by atoms with Gasteiger partial charge in [0.1, 0.15) is 0 Å². The molecule has 0 amide bonds. The van der Waals surface area contributed by atoms with Crippen molar-refractivity contribution in [1.82, 2.24) is 5.32 Å². The van der Waals surface area contributed by atoms with Crippen molar-refractivity contribution in [2.24, 2.45) is 5.92 Å². The van der Waals surface area contributed by atoms with E-state index in [0.29, 0.717) is 5.92 Å². The number of nitrogens with zero attached hydrogens (tertiary/aromatic N) is 1. The van der Waals surface area contributed by atoms with E-state index in [1.807, 2.05) is 6.92 Å². The lowest BCUT2D eigenvalue weighted by Gasteiger charge is -2.17. The summed E-state index contributed by atoms with van der Waals surface area (Å²) in [5.41, 5.74) is 1.17. The van der Waals surface area contributed by atoms with Gasteiger partial charge in [-0.05, 0) is 44.2 Å². The number of nitro groups is 1. The van der Waals surface area contributed by atoms with Crippen LogP contribution in [0.25, 0.3) is 0 Å². The number of rotatable bonds is 5. The molecular weight excluding hydrogens is 244 g/mol. The number of aliphatic hydroxyl groups is 1. The van der Waals surface area contributed by atoms with Gasteiger partial charge < -0.3 is 10.4 Å². The molecule has 1 aromatic carbocycles. The van der Waals surface area contributed by atoms with E-state index in [1.54, 1.807) is 12.1 Å². The fourth-order valence-electron chi connectivity index (χ4n) is 2.58. The third-order valence-corrected chi connectivity index (χ3v) is 3.83. The monoisotopic (exact) mass is 264 g/mol. The molecule has 0 aromatic heterocycles. The maximum Gasteiger partial charge on any atom is 0.269 e. The molecule has 1 aliphatic rings. The molecular formula is C14H20N2O3. The highest BCUT2D eigenvalue weighted by Crippen LogP contribution is 2.25. The molecule has 3 unspecified atom stereocenters. The summed E-state index contributed by atoms with van der Waals surface area (Å²) in [7, 11) is 0. The molecule has 0 spiro atoms. The quantitative estimate of drug-likeness (QED) is 0.632. The first-order valence-corrected chi connectivity index (χ1v) is 6.72. The molecule has 2 N–H and O–H groups in total. The summed E-state index contributed by atoms with van der Waals surface area (Å²) in [5.74, 6) is 0.537. The Morgan fingerprint density at radius 2 is 2.11 bits per heavy atom. The zero-order chi connectivity index (χ0) is 13.8. The Morgan fingerprint density at radius 1 is 1.42 bits per heavy atom. The molecule has 5 heteroatoms. The van der Waals surface area contributed by atoms with Crippen molar-refractivity contribution >= 4 is 5.69 Å². The Balaban J connectivity index is 1.85. The van der Waals surface area contributed by atoms with Crippen molar-refractivity contribution in [1.29, 1.82) is 0 Å². The Morgan fingerprint density at radius 3 is 2.63 bits per heavy atom. The van der Waals surface area contributed by atoms with Crippen molar-refractivity contribution in [2.75, 3.05) is 6.54 Å². The van der Waals surface area contributed by atoms with Crippen LogP contribution in [0.2, 0.25) is 0 Å². The Kier molecular flexibility index (Phi) is 4.50. The second-order valence-corrected chi connectivity index (χ2v) is 5.31. The van der Waals surface area contributed by atoms with E-state index < -0.39 is 0 Å². The van der Waals surface area contributed by atoms with E-state index in [1.165, 1.54) is 12.1 Å². The maximum absolute atomic E-state index is 10.6. The minimum Gasteiger partial charge on any atom is -0.393 e. The van der Waals surface area contributed by atoms with Gasteiger partial charge in [-0.15, -0.1) is 0 Å². The van der Waals surface area contributed by atoms with Gasteiger partial charge in [-0.1, -0.05) is 12.1 Å². The van der Waals surface area contributed by atoms with Crippen LogP contribution in [-0.2, 0) is 0 Å². The molecule has 1 fully saturated rings. The van der Waals surface area contributed by atoms with Gasteiger partial charge in [0.25, 0.3) is 5.69 Å². The average Bonchev–Trinajstić information content (AvgIpc) is 2.82. The first-order valence-electron chi connectivity index (χ1n) is 6.72. The lowest BCUT2D eigenvalue weighted by molar-refractivity contribution is -0.384. The molecule has 19 heavy (non-hydrogen) atoms. The Bertz CT molecular complexity index is 433. The van der Waals surface area contributed by atoms with E-state index in [2.05, 4.69) is 5.32 Å². The predicted octanol–water partition coefficient (Wildman–Crippen LogP) is 2.41. The normalized spacial score (nSPS) is 24.3. The van der Waals surface area contributed by atoms with Crippen molar-refractivity contribution in [3.05, 3.63) is 39.9 Å². The largest absolute Gasteiger partial charge is 0.393 e. The fourth-order valence-corrected chi connectivity index (χ4v) is 2.58. The number of benzene rings is 1. The SMILES string of the molecule is CC(NCC1CCC(O)C1)c1ccc([N+](=O)[O-])cc1. The van der Waals surface area contributed by atoms with Crippen LogP contribution in [-0.4, -0.2) is 22.7 Å². The van der Waals surface area contributed by atoms with Gasteiger partial charge in [0, 0.05) is 18.2 Å². The highest BCUT2D eigenvalue weighted by atomic mass is 16.6. The summed E-state index contributed by atoms with van der Waals surface area (Å²) >= 11 is 0. The highest BCUT2D eigenvalue weighted by molar-refractivity contribution is 5.34. The van der Waals surface area contributed by atoms with Crippen LogP contribution in [0.5, 0.6) is 0 Å². The minimum absolute atomic E-state index is 0.120. The van der Waals surface area contributed by atoms with Gasteiger partial charge in [-0.3, -0.25) is 10.1 Å². The summed E-state index contributed by atoms with van der Waals surface area (Å²) in [5, 5.41) is 23.5. The van der Waals surface area contributed by atoms with E-state index in [4.69, 9.17) is 0 Å². The van der Waals surface area contributed by atoms with Crippen molar-refractivity contribution in [2.45, 2.75) is 38.3 Å². The summed E-state index contributed by atoms with van der Waals surface area (Å²) in [6.45, 7) is 2.93. The van der Waals surface area contributed by atoms with Gasteiger partial charge in [0.2, 0.25) is 0 Å². The molecule has 5 nitrogen and oxygen atoms in total. The van der Waals surface area contributed by atoms with Gasteiger partial charge in [0.05, 0.1) is 11.0 Å². The van der Waals surface area contributed by atoms with Crippen LogP contribution in [0, 0.1) is 16.0 Å². The van der Waals surface area contributed by atoms with E-state index in [0.717, 1.165) is 31.4 Å². The first-order chi connectivity index (χ1) is 9.06. The van der Waals surface area contributed by atoms with Crippen molar-refractivity contribution < 1.29 is 10.0 Å². The lowest BCUT2D eigenvalue weighted by Crippen LogP contribution is -2.25. The molecule has 1 aliphatic carbocycles. The molecule has 0 radical (unpaired) electrons. The molecule has 0 aliphatic heterocycles. The van der Waals surface area contributed by atoms with E-state index in [9.17, 15) is 15.2 Å². The van der Waals surface area contributed by atoms with Gasteiger partial charge in [-0.25, -0.2) is 0 Å². The second-order valence-electron chi connectivity index (χ2n) is 5.31. The van der Waals surface area contributed by atoms with Gasteiger partial charge >= 0.3 is 0 Å². The standard InChI is InChI=1S/C14H20N2O3/c1-10(15-9-11-2-7-14(17)8-11)12-3-5-13(6-4-12)16(18)19/h3-6,10-11,14-15,17H,2,7-9H2,1H3. The first kappa shape index (κ1) is 14.0. The summed E-state index contributed by atoms with van der Waals surface area (Å²) < 4.78 is 0. The fraction of sp³-hybridized carbons (Fsp3) is 0.571.